The number of benzene rings is 3. The lowest BCUT2D eigenvalue weighted by Gasteiger charge is -2.39. The number of ether oxygens (including phenoxy) is 3. The lowest BCUT2D eigenvalue weighted by Crippen LogP contribution is -2.32. The summed E-state index contributed by atoms with van der Waals surface area (Å²) in [6, 6.07) is 19.6. The van der Waals surface area contributed by atoms with Gasteiger partial charge in [-0.1, -0.05) is 53.6 Å². The van der Waals surface area contributed by atoms with Crippen LogP contribution in [0.15, 0.2) is 72.6 Å². The van der Waals surface area contributed by atoms with Gasteiger partial charge in [-0.25, -0.2) is 4.68 Å². The molecule has 2 aliphatic rings. The Labute approximate surface area is 207 Å². The minimum atomic E-state index is -0.486. The number of nitrogens with zero attached hydrogens (tertiary/aromatic N) is 3. The Bertz CT molecular complexity index is 1460. The van der Waals surface area contributed by atoms with Gasteiger partial charge in [-0.2, -0.15) is 10.1 Å². The van der Waals surface area contributed by atoms with Crippen molar-refractivity contribution in [1.29, 1.82) is 0 Å². The number of rotatable bonds is 4. The zero-order valence-electron chi connectivity index (χ0n) is 19.4. The summed E-state index contributed by atoms with van der Waals surface area (Å²) in [5.41, 5.74) is 5.85. The molecule has 1 N–H and O–H groups in total. The average Bonchev–Trinajstić information content (AvgIpc) is 3.35. The summed E-state index contributed by atoms with van der Waals surface area (Å²) >= 11 is 6.42. The van der Waals surface area contributed by atoms with Crippen molar-refractivity contribution < 1.29 is 14.2 Å². The van der Waals surface area contributed by atoms with Gasteiger partial charge in [0.05, 0.1) is 19.9 Å². The van der Waals surface area contributed by atoms with Crippen LogP contribution >= 0.6 is 11.6 Å². The molecule has 0 aliphatic carbocycles. The number of methoxy groups -OCH3 is 2. The average molecular weight is 487 g/mol. The van der Waals surface area contributed by atoms with Gasteiger partial charge in [0.1, 0.15) is 18.1 Å². The van der Waals surface area contributed by atoms with Crippen LogP contribution < -0.4 is 19.5 Å². The van der Waals surface area contributed by atoms with E-state index in [4.69, 9.17) is 25.8 Å². The van der Waals surface area contributed by atoms with Crippen LogP contribution in [0.25, 0.3) is 5.70 Å². The standard InChI is InChI=1S/C27H23ClN4O3/c1-15-7-9-16(10-8-15)24-22-23(31-27-29-14-30-32(24)27)19-13-17(28)11-12-20(19)35-26(22)18-5-4-6-21(33-2)25(18)34-3/h4-14,24,26H,1-3H3,(H,29,30,31)/t24-,26+/m1/s1. The van der Waals surface area contributed by atoms with Crippen LogP contribution in [0.3, 0.4) is 0 Å². The molecule has 3 aromatic carbocycles. The van der Waals surface area contributed by atoms with Crippen molar-refractivity contribution in [3.8, 4) is 17.2 Å². The summed E-state index contributed by atoms with van der Waals surface area (Å²) < 4.78 is 20.0. The highest BCUT2D eigenvalue weighted by molar-refractivity contribution is 6.30. The van der Waals surface area contributed by atoms with Gasteiger partial charge < -0.3 is 19.5 Å². The monoisotopic (exact) mass is 486 g/mol. The van der Waals surface area contributed by atoms with Gasteiger partial charge in [0, 0.05) is 21.7 Å². The maximum absolute atomic E-state index is 6.70. The van der Waals surface area contributed by atoms with E-state index in [0.29, 0.717) is 28.2 Å². The zero-order chi connectivity index (χ0) is 24.1. The molecule has 8 heteroatoms. The molecular formula is C27H23ClN4O3. The first kappa shape index (κ1) is 21.6. The molecule has 2 atom stereocenters. The number of hydrogen-bond donors (Lipinski definition) is 1. The van der Waals surface area contributed by atoms with Crippen molar-refractivity contribution in [2.24, 2.45) is 0 Å². The van der Waals surface area contributed by atoms with E-state index in [1.807, 2.05) is 41.1 Å². The van der Waals surface area contributed by atoms with Gasteiger partial charge in [-0.3, -0.25) is 0 Å². The number of hydrogen-bond acceptors (Lipinski definition) is 6. The number of para-hydroxylation sites is 1. The Morgan fingerprint density at radius 3 is 2.63 bits per heavy atom. The number of nitrogens with one attached hydrogen (secondary N) is 1. The molecule has 0 saturated heterocycles. The topological polar surface area (TPSA) is 70.4 Å². The molecule has 3 heterocycles. The van der Waals surface area contributed by atoms with E-state index in [2.05, 4.69) is 46.6 Å². The highest BCUT2D eigenvalue weighted by Crippen LogP contribution is 2.53. The summed E-state index contributed by atoms with van der Waals surface area (Å²) in [5, 5.41) is 8.70. The van der Waals surface area contributed by atoms with E-state index in [1.54, 1.807) is 20.5 Å². The molecule has 1 aromatic heterocycles. The molecule has 6 rings (SSSR count). The van der Waals surface area contributed by atoms with Crippen LogP contribution in [0.5, 0.6) is 17.2 Å². The van der Waals surface area contributed by atoms with E-state index in [9.17, 15) is 0 Å². The highest BCUT2D eigenvalue weighted by atomic mass is 35.5. The van der Waals surface area contributed by atoms with Crippen molar-refractivity contribution in [1.82, 2.24) is 14.8 Å². The molecule has 0 bridgehead atoms. The van der Waals surface area contributed by atoms with Crippen molar-refractivity contribution in [3.05, 3.63) is 99.8 Å². The highest BCUT2D eigenvalue weighted by Gasteiger charge is 2.42. The lowest BCUT2D eigenvalue weighted by molar-refractivity contribution is 0.216. The first-order chi connectivity index (χ1) is 17.1. The number of aryl methyl sites for hydroxylation is 1. The normalized spacial score (nSPS) is 18.1. The Morgan fingerprint density at radius 1 is 1.03 bits per heavy atom. The second kappa shape index (κ2) is 8.36. The van der Waals surface area contributed by atoms with Crippen LogP contribution in [0.4, 0.5) is 5.95 Å². The van der Waals surface area contributed by atoms with E-state index in [-0.39, 0.29) is 6.04 Å². The summed E-state index contributed by atoms with van der Waals surface area (Å²) in [4.78, 5) is 4.48. The van der Waals surface area contributed by atoms with Crippen LogP contribution in [0.2, 0.25) is 5.02 Å². The van der Waals surface area contributed by atoms with E-state index >= 15 is 0 Å². The summed E-state index contributed by atoms with van der Waals surface area (Å²) in [6.45, 7) is 2.07. The molecule has 0 unspecified atom stereocenters. The SMILES string of the molecule is COc1cccc([C@@H]2Oc3ccc(Cl)cc3C3=C2[C@@H](c2ccc(C)cc2)n2ncnc2N3)c1OC. The Hall–Kier alpha value is -3.97. The third-order valence-electron chi connectivity index (χ3n) is 6.48. The first-order valence-electron chi connectivity index (χ1n) is 11.2. The fourth-order valence-corrected chi connectivity index (χ4v) is 5.06. The van der Waals surface area contributed by atoms with E-state index in [1.165, 1.54) is 5.56 Å². The maximum atomic E-state index is 6.70. The number of halogens is 1. The van der Waals surface area contributed by atoms with Gasteiger partial charge in [0.15, 0.2) is 17.6 Å². The quantitative estimate of drug-likeness (QED) is 0.392. The molecule has 0 saturated carbocycles. The van der Waals surface area contributed by atoms with E-state index < -0.39 is 6.10 Å². The molecule has 0 amide bonds. The molecule has 35 heavy (non-hydrogen) atoms. The Balaban J connectivity index is 1.65. The number of aromatic nitrogens is 3. The molecule has 176 valence electrons. The largest absolute Gasteiger partial charge is 0.493 e. The lowest BCUT2D eigenvalue weighted by atomic mass is 9.84. The number of anilines is 1. The first-order valence-corrected chi connectivity index (χ1v) is 11.6. The van der Waals surface area contributed by atoms with Crippen molar-refractivity contribution in [2.75, 3.05) is 19.5 Å². The zero-order valence-corrected chi connectivity index (χ0v) is 20.2. The van der Waals surface area contributed by atoms with Crippen LogP contribution in [-0.2, 0) is 0 Å². The molecule has 0 spiro atoms. The molecule has 4 aromatic rings. The predicted octanol–water partition coefficient (Wildman–Crippen LogP) is 5.82. The predicted molar refractivity (Wildman–Crippen MR) is 134 cm³/mol. The summed E-state index contributed by atoms with van der Waals surface area (Å²) in [6.07, 6.45) is 1.07. The molecule has 0 radical (unpaired) electrons. The van der Waals surface area contributed by atoms with Crippen LogP contribution in [-0.4, -0.2) is 29.0 Å². The van der Waals surface area contributed by atoms with E-state index in [0.717, 1.165) is 28.0 Å². The molecular weight excluding hydrogens is 464 g/mol. The molecule has 2 aliphatic heterocycles. The fourth-order valence-electron chi connectivity index (χ4n) is 4.89. The maximum Gasteiger partial charge on any atom is 0.226 e. The van der Waals surface area contributed by atoms with Crippen LogP contribution in [0.1, 0.15) is 34.4 Å². The van der Waals surface area contributed by atoms with Crippen LogP contribution in [0, 0.1) is 6.92 Å². The van der Waals surface area contributed by atoms with Crippen molar-refractivity contribution in [3.63, 3.8) is 0 Å². The fraction of sp³-hybridized carbons (Fsp3) is 0.185. The van der Waals surface area contributed by atoms with Gasteiger partial charge in [-0.05, 0) is 36.8 Å². The summed E-state index contributed by atoms with van der Waals surface area (Å²) in [5.74, 6) is 2.62. The second-order valence-electron chi connectivity index (χ2n) is 8.52. The Kier molecular flexibility index (Phi) is 5.15. The smallest absolute Gasteiger partial charge is 0.226 e. The van der Waals surface area contributed by atoms with Gasteiger partial charge in [-0.15, -0.1) is 0 Å². The van der Waals surface area contributed by atoms with Gasteiger partial charge in [0.25, 0.3) is 0 Å². The minimum absolute atomic E-state index is 0.266. The second-order valence-corrected chi connectivity index (χ2v) is 8.95. The molecule has 7 nitrogen and oxygen atoms in total. The third-order valence-corrected chi connectivity index (χ3v) is 6.72. The Morgan fingerprint density at radius 2 is 1.86 bits per heavy atom. The van der Waals surface area contributed by atoms with Gasteiger partial charge >= 0.3 is 0 Å². The number of fused-ring (bicyclic) bond motifs is 3. The minimum Gasteiger partial charge on any atom is -0.493 e. The molecule has 0 fully saturated rings. The summed E-state index contributed by atoms with van der Waals surface area (Å²) in [7, 11) is 3.27. The van der Waals surface area contributed by atoms with Crippen molar-refractivity contribution >= 4 is 23.2 Å². The third kappa shape index (κ3) is 3.42. The van der Waals surface area contributed by atoms with Gasteiger partial charge in [0.2, 0.25) is 5.95 Å². The van der Waals surface area contributed by atoms with Crippen molar-refractivity contribution in [2.45, 2.75) is 19.1 Å².